The van der Waals surface area contributed by atoms with Crippen LogP contribution in [0.2, 0.25) is 19.6 Å². The van der Waals surface area contributed by atoms with Gasteiger partial charge in [-0.2, -0.15) is 0 Å². The van der Waals surface area contributed by atoms with Gasteiger partial charge in [0.2, 0.25) is 0 Å². The van der Waals surface area contributed by atoms with E-state index in [4.69, 9.17) is 4.74 Å². The summed E-state index contributed by atoms with van der Waals surface area (Å²) >= 11 is 0. The molecule has 22 heavy (non-hydrogen) atoms. The Bertz CT molecular complexity index is 515. The molecule has 1 aromatic rings. The lowest BCUT2D eigenvalue weighted by atomic mass is 10.1. The second kappa shape index (κ2) is 9.48. The van der Waals surface area contributed by atoms with E-state index in [2.05, 4.69) is 38.0 Å². The number of esters is 1. The molecule has 2 nitrogen and oxygen atoms in total. The SMILES string of the molecule is CCCCCCCOC(=O)c1ccc(C#C[Si](C)(C)C)cc1. The second-order valence-electron chi connectivity index (χ2n) is 6.63. The molecular weight excluding hydrogens is 288 g/mol. The van der Waals surface area contributed by atoms with Crippen LogP contribution < -0.4 is 0 Å². The number of carbonyl (C=O) groups excluding carboxylic acids is 1. The van der Waals surface area contributed by atoms with Crippen LogP contribution >= 0.6 is 0 Å². The zero-order valence-corrected chi connectivity index (χ0v) is 15.4. The zero-order chi connectivity index (χ0) is 16.4. The molecule has 0 aromatic heterocycles. The van der Waals surface area contributed by atoms with Crippen molar-refractivity contribution in [1.29, 1.82) is 0 Å². The first-order valence-corrected chi connectivity index (χ1v) is 11.7. The fourth-order valence-electron chi connectivity index (χ4n) is 1.90. The summed E-state index contributed by atoms with van der Waals surface area (Å²) in [5.74, 6) is 2.95. The molecule has 0 saturated carbocycles. The highest BCUT2D eigenvalue weighted by Crippen LogP contribution is 2.08. The quantitative estimate of drug-likeness (QED) is 0.305. The minimum absolute atomic E-state index is 0.236. The minimum atomic E-state index is -1.36. The van der Waals surface area contributed by atoms with Crippen LogP contribution in [0.15, 0.2) is 24.3 Å². The average molecular weight is 317 g/mol. The topological polar surface area (TPSA) is 26.3 Å². The van der Waals surface area contributed by atoms with E-state index in [0.29, 0.717) is 12.2 Å². The smallest absolute Gasteiger partial charge is 0.338 e. The summed E-state index contributed by atoms with van der Waals surface area (Å²) in [6, 6.07) is 7.39. The number of ether oxygens (including phenoxy) is 1. The van der Waals surface area contributed by atoms with Crippen molar-refractivity contribution in [2.75, 3.05) is 6.61 Å². The van der Waals surface area contributed by atoms with Gasteiger partial charge >= 0.3 is 5.97 Å². The molecule has 1 aromatic carbocycles. The van der Waals surface area contributed by atoms with Gasteiger partial charge in [-0.1, -0.05) is 58.2 Å². The molecule has 0 heterocycles. The third-order valence-corrected chi connectivity index (χ3v) is 4.06. The molecular formula is C19H28O2Si. The monoisotopic (exact) mass is 316 g/mol. The van der Waals surface area contributed by atoms with E-state index < -0.39 is 8.07 Å². The van der Waals surface area contributed by atoms with Crippen LogP contribution in [0.25, 0.3) is 0 Å². The van der Waals surface area contributed by atoms with E-state index in [-0.39, 0.29) is 5.97 Å². The van der Waals surface area contributed by atoms with E-state index in [9.17, 15) is 4.79 Å². The number of hydrogen-bond donors (Lipinski definition) is 0. The van der Waals surface area contributed by atoms with Crippen LogP contribution in [-0.2, 0) is 4.74 Å². The number of rotatable bonds is 7. The largest absolute Gasteiger partial charge is 0.462 e. The molecule has 1 rings (SSSR count). The van der Waals surface area contributed by atoms with E-state index in [1.165, 1.54) is 19.3 Å². The maximum Gasteiger partial charge on any atom is 0.338 e. The van der Waals surface area contributed by atoms with Gasteiger partial charge < -0.3 is 4.74 Å². The van der Waals surface area contributed by atoms with Crippen molar-refractivity contribution in [3.05, 3.63) is 35.4 Å². The number of hydrogen-bond acceptors (Lipinski definition) is 2. The van der Waals surface area contributed by atoms with E-state index in [1.54, 1.807) is 12.1 Å². The van der Waals surface area contributed by atoms with Crippen molar-refractivity contribution >= 4 is 14.0 Å². The molecule has 0 amide bonds. The molecule has 120 valence electrons. The van der Waals surface area contributed by atoms with Crippen LogP contribution in [-0.4, -0.2) is 20.7 Å². The molecule has 0 aliphatic carbocycles. The van der Waals surface area contributed by atoms with Gasteiger partial charge in [-0.25, -0.2) is 4.79 Å². The summed E-state index contributed by atoms with van der Waals surface area (Å²) in [6.07, 6.45) is 5.79. The average Bonchev–Trinajstić information content (AvgIpc) is 2.48. The molecule has 3 heteroatoms. The standard InChI is InChI=1S/C19H28O2Si/c1-5-6-7-8-9-15-21-19(20)18-12-10-17(11-13-18)14-16-22(2,3)4/h10-13H,5-9,15H2,1-4H3. The fraction of sp³-hybridized carbons (Fsp3) is 0.526. The molecule has 0 aliphatic rings. The molecule has 0 atom stereocenters. The van der Waals surface area contributed by atoms with E-state index >= 15 is 0 Å². The van der Waals surface area contributed by atoms with Crippen molar-refractivity contribution in [2.24, 2.45) is 0 Å². The molecule has 0 saturated heterocycles. The normalized spacial score (nSPS) is 10.7. The Morgan fingerprint density at radius 1 is 1.05 bits per heavy atom. The number of carbonyl (C=O) groups is 1. The molecule has 0 spiro atoms. The Kier molecular flexibility index (Phi) is 7.98. The van der Waals surface area contributed by atoms with Crippen molar-refractivity contribution in [2.45, 2.75) is 58.7 Å². The van der Waals surface area contributed by atoms with Crippen LogP contribution in [0.1, 0.15) is 54.9 Å². The van der Waals surface area contributed by atoms with Crippen LogP contribution in [0.5, 0.6) is 0 Å². The predicted octanol–water partition coefficient (Wildman–Crippen LogP) is 5.04. The van der Waals surface area contributed by atoms with E-state index in [0.717, 1.165) is 18.4 Å². The summed E-state index contributed by atoms with van der Waals surface area (Å²) in [4.78, 5) is 11.9. The van der Waals surface area contributed by atoms with Gasteiger partial charge in [-0.15, -0.1) is 5.54 Å². The Hall–Kier alpha value is -1.53. The second-order valence-corrected chi connectivity index (χ2v) is 11.4. The van der Waals surface area contributed by atoms with Gasteiger partial charge in [-0.05, 0) is 30.7 Å². The summed E-state index contributed by atoms with van der Waals surface area (Å²) < 4.78 is 5.29. The highest BCUT2D eigenvalue weighted by Gasteiger charge is 2.08. The van der Waals surface area contributed by atoms with Crippen LogP contribution in [0.3, 0.4) is 0 Å². The maximum absolute atomic E-state index is 11.9. The highest BCUT2D eigenvalue weighted by molar-refractivity contribution is 6.83. The minimum Gasteiger partial charge on any atom is -0.462 e. The van der Waals surface area contributed by atoms with Gasteiger partial charge in [0.05, 0.1) is 12.2 Å². The zero-order valence-electron chi connectivity index (χ0n) is 14.4. The van der Waals surface area contributed by atoms with Crippen LogP contribution in [0.4, 0.5) is 0 Å². The first-order valence-electron chi connectivity index (χ1n) is 8.23. The van der Waals surface area contributed by atoms with Gasteiger partial charge in [0.15, 0.2) is 0 Å². The Labute approximate surface area is 136 Å². The molecule has 0 N–H and O–H groups in total. The van der Waals surface area contributed by atoms with Gasteiger partial charge in [0.1, 0.15) is 8.07 Å². The van der Waals surface area contributed by atoms with Crippen molar-refractivity contribution < 1.29 is 9.53 Å². The lowest BCUT2D eigenvalue weighted by molar-refractivity contribution is 0.0497. The molecule has 0 bridgehead atoms. The van der Waals surface area contributed by atoms with E-state index in [1.807, 2.05) is 12.1 Å². The summed E-state index contributed by atoms with van der Waals surface area (Å²) in [5.41, 5.74) is 4.88. The molecule has 0 aliphatic heterocycles. The third kappa shape index (κ3) is 8.04. The summed E-state index contributed by atoms with van der Waals surface area (Å²) in [5, 5.41) is 0. The first kappa shape index (κ1) is 18.5. The first-order chi connectivity index (χ1) is 10.4. The summed E-state index contributed by atoms with van der Waals surface area (Å²) in [7, 11) is -1.36. The third-order valence-electron chi connectivity index (χ3n) is 3.18. The highest BCUT2D eigenvalue weighted by atomic mass is 28.3. The molecule has 0 fully saturated rings. The lowest BCUT2D eigenvalue weighted by Gasteiger charge is -2.05. The van der Waals surface area contributed by atoms with Crippen molar-refractivity contribution in [3.8, 4) is 11.5 Å². The Balaban J connectivity index is 2.42. The van der Waals surface area contributed by atoms with Crippen molar-refractivity contribution in [1.82, 2.24) is 0 Å². The van der Waals surface area contributed by atoms with Crippen molar-refractivity contribution in [3.63, 3.8) is 0 Å². The summed E-state index contributed by atoms with van der Waals surface area (Å²) in [6.45, 7) is 9.35. The number of benzene rings is 1. The number of unbranched alkanes of at least 4 members (excludes halogenated alkanes) is 4. The van der Waals surface area contributed by atoms with Gasteiger partial charge in [0.25, 0.3) is 0 Å². The Morgan fingerprint density at radius 3 is 2.27 bits per heavy atom. The predicted molar refractivity (Wildman–Crippen MR) is 95.7 cm³/mol. The lowest BCUT2D eigenvalue weighted by Crippen LogP contribution is -2.16. The van der Waals surface area contributed by atoms with Gasteiger partial charge in [0, 0.05) is 5.56 Å². The maximum atomic E-state index is 11.9. The van der Waals surface area contributed by atoms with Crippen LogP contribution in [0, 0.1) is 11.5 Å². The fourth-order valence-corrected chi connectivity index (χ4v) is 2.42. The Morgan fingerprint density at radius 2 is 1.68 bits per heavy atom. The molecule has 0 radical (unpaired) electrons. The van der Waals surface area contributed by atoms with Gasteiger partial charge in [-0.3, -0.25) is 0 Å². The molecule has 0 unspecified atom stereocenters.